The maximum absolute atomic E-state index is 12.7. The van der Waals surface area contributed by atoms with E-state index in [9.17, 15) is 4.79 Å². The van der Waals surface area contributed by atoms with Crippen LogP contribution >= 0.6 is 11.6 Å². The SMILES string of the molecule is COc1cccc(C(CN2CCN(C(=O)Nc3cccc(C)c3)CC2)OCc2cccc(Cl)c2)c1. The molecule has 35 heavy (non-hydrogen) atoms. The average molecular weight is 494 g/mol. The van der Waals surface area contributed by atoms with Crippen LogP contribution in [0.4, 0.5) is 10.5 Å². The zero-order chi connectivity index (χ0) is 24.6. The summed E-state index contributed by atoms with van der Waals surface area (Å²) in [5, 5.41) is 3.71. The molecule has 6 nitrogen and oxygen atoms in total. The topological polar surface area (TPSA) is 54.0 Å². The smallest absolute Gasteiger partial charge is 0.321 e. The predicted molar refractivity (Wildman–Crippen MR) is 140 cm³/mol. The summed E-state index contributed by atoms with van der Waals surface area (Å²) in [5.41, 5.74) is 4.04. The van der Waals surface area contributed by atoms with Crippen LogP contribution in [0.15, 0.2) is 72.8 Å². The van der Waals surface area contributed by atoms with Gasteiger partial charge in [-0.3, -0.25) is 4.90 Å². The van der Waals surface area contributed by atoms with Gasteiger partial charge in [-0.05, 0) is 60.0 Å². The van der Waals surface area contributed by atoms with Crippen LogP contribution in [-0.2, 0) is 11.3 Å². The number of amides is 2. The van der Waals surface area contributed by atoms with E-state index in [-0.39, 0.29) is 12.1 Å². The number of hydrogen-bond acceptors (Lipinski definition) is 4. The third kappa shape index (κ3) is 7.21. The predicted octanol–water partition coefficient (Wildman–Crippen LogP) is 5.76. The van der Waals surface area contributed by atoms with Crippen molar-refractivity contribution in [2.24, 2.45) is 0 Å². The molecule has 2 amide bonds. The number of anilines is 1. The fraction of sp³-hybridized carbons (Fsp3) is 0.321. The summed E-state index contributed by atoms with van der Waals surface area (Å²) in [7, 11) is 1.67. The van der Waals surface area contributed by atoms with Crippen LogP contribution in [0.5, 0.6) is 5.75 Å². The van der Waals surface area contributed by atoms with Gasteiger partial charge in [0, 0.05) is 43.4 Å². The zero-order valence-corrected chi connectivity index (χ0v) is 21.0. The maximum Gasteiger partial charge on any atom is 0.321 e. The van der Waals surface area contributed by atoms with Gasteiger partial charge in [0.25, 0.3) is 0 Å². The lowest BCUT2D eigenvalue weighted by Crippen LogP contribution is -2.50. The molecule has 1 unspecified atom stereocenters. The molecule has 3 aromatic carbocycles. The molecule has 0 bridgehead atoms. The van der Waals surface area contributed by atoms with Crippen molar-refractivity contribution in [3.8, 4) is 5.75 Å². The van der Waals surface area contributed by atoms with Crippen molar-refractivity contribution in [2.45, 2.75) is 19.6 Å². The van der Waals surface area contributed by atoms with Crippen LogP contribution < -0.4 is 10.1 Å². The minimum atomic E-state index is -0.142. The van der Waals surface area contributed by atoms with E-state index in [4.69, 9.17) is 21.1 Å². The number of piperazine rings is 1. The third-order valence-corrected chi connectivity index (χ3v) is 6.39. The summed E-state index contributed by atoms with van der Waals surface area (Å²) in [5.74, 6) is 0.802. The molecule has 7 heteroatoms. The number of methoxy groups -OCH3 is 1. The van der Waals surface area contributed by atoms with Crippen molar-refractivity contribution in [3.05, 3.63) is 94.5 Å². The quantitative estimate of drug-likeness (QED) is 0.433. The van der Waals surface area contributed by atoms with Gasteiger partial charge in [-0.25, -0.2) is 4.79 Å². The number of ether oxygens (including phenoxy) is 2. The van der Waals surface area contributed by atoms with Crippen LogP contribution in [0.1, 0.15) is 22.8 Å². The van der Waals surface area contributed by atoms with Crippen LogP contribution in [0.25, 0.3) is 0 Å². The molecule has 1 aliphatic rings. The Kier molecular flexibility index (Phi) is 8.64. The molecule has 1 atom stereocenters. The highest BCUT2D eigenvalue weighted by Gasteiger charge is 2.24. The fourth-order valence-electron chi connectivity index (χ4n) is 4.21. The Morgan fingerprint density at radius 3 is 2.51 bits per heavy atom. The lowest BCUT2D eigenvalue weighted by Gasteiger charge is -2.36. The van der Waals surface area contributed by atoms with Gasteiger partial charge in [-0.15, -0.1) is 0 Å². The lowest BCUT2D eigenvalue weighted by atomic mass is 10.1. The molecular formula is C28H32ClN3O3. The van der Waals surface area contributed by atoms with Gasteiger partial charge in [0.2, 0.25) is 0 Å². The summed E-state index contributed by atoms with van der Waals surface area (Å²) < 4.78 is 11.8. The van der Waals surface area contributed by atoms with E-state index in [1.165, 1.54) is 0 Å². The summed E-state index contributed by atoms with van der Waals surface area (Å²) >= 11 is 6.15. The number of halogens is 1. The Labute approximate surface area is 212 Å². The van der Waals surface area contributed by atoms with E-state index >= 15 is 0 Å². The second-order valence-electron chi connectivity index (χ2n) is 8.79. The summed E-state index contributed by atoms with van der Waals surface area (Å²) in [6.45, 7) is 6.09. The normalized spacial score (nSPS) is 15.0. The number of hydrogen-bond donors (Lipinski definition) is 1. The second-order valence-corrected chi connectivity index (χ2v) is 9.23. The number of carbonyl (C=O) groups excluding carboxylic acids is 1. The molecule has 1 aliphatic heterocycles. The van der Waals surface area contributed by atoms with E-state index in [0.29, 0.717) is 24.7 Å². The second kappa shape index (κ2) is 12.1. The first-order chi connectivity index (χ1) is 17.0. The number of benzene rings is 3. The number of urea groups is 1. The zero-order valence-electron chi connectivity index (χ0n) is 20.2. The molecule has 1 N–H and O–H groups in total. The van der Waals surface area contributed by atoms with E-state index in [1.807, 2.05) is 78.6 Å². The van der Waals surface area contributed by atoms with Crippen molar-refractivity contribution in [3.63, 3.8) is 0 Å². The summed E-state index contributed by atoms with van der Waals surface area (Å²) in [6, 6.07) is 23.5. The molecule has 0 spiro atoms. The number of nitrogens with zero attached hydrogens (tertiary/aromatic N) is 2. The Hall–Kier alpha value is -3.06. The number of carbonyl (C=O) groups is 1. The van der Waals surface area contributed by atoms with E-state index in [1.54, 1.807) is 7.11 Å². The first-order valence-corrected chi connectivity index (χ1v) is 12.2. The van der Waals surface area contributed by atoms with Gasteiger partial charge in [0.05, 0.1) is 19.8 Å². The van der Waals surface area contributed by atoms with Gasteiger partial charge < -0.3 is 19.7 Å². The van der Waals surface area contributed by atoms with Crippen molar-refractivity contribution in [2.75, 3.05) is 45.2 Å². The van der Waals surface area contributed by atoms with Crippen LogP contribution in [0.3, 0.4) is 0 Å². The molecule has 0 aliphatic carbocycles. The standard InChI is InChI=1S/C28H32ClN3O3/c1-21-6-3-10-25(16-21)30-28(33)32-14-12-31(13-15-32)19-27(23-8-5-11-26(18-23)34-2)35-20-22-7-4-9-24(29)17-22/h3-11,16-18,27H,12-15,19-20H2,1-2H3,(H,30,33). The van der Waals surface area contributed by atoms with Crippen LogP contribution in [-0.4, -0.2) is 55.7 Å². The molecule has 0 aromatic heterocycles. The van der Waals surface area contributed by atoms with Crippen molar-refractivity contribution in [1.82, 2.24) is 9.80 Å². The van der Waals surface area contributed by atoms with Gasteiger partial charge >= 0.3 is 6.03 Å². The van der Waals surface area contributed by atoms with Crippen LogP contribution in [0, 0.1) is 6.92 Å². The van der Waals surface area contributed by atoms with Crippen molar-refractivity contribution < 1.29 is 14.3 Å². The molecular weight excluding hydrogens is 462 g/mol. The summed E-state index contributed by atoms with van der Waals surface area (Å²) in [6.07, 6.45) is -0.142. The highest BCUT2D eigenvalue weighted by atomic mass is 35.5. The molecule has 1 fully saturated rings. The minimum absolute atomic E-state index is 0.0585. The highest BCUT2D eigenvalue weighted by Crippen LogP contribution is 2.25. The maximum atomic E-state index is 12.7. The van der Waals surface area contributed by atoms with Crippen LogP contribution in [0.2, 0.25) is 5.02 Å². The number of aryl methyl sites for hydroxylation is 1. The van der Waals surface area contributed by atoms with E-state index in [2.05, 4.69) is 16.3 Å². The Bertz CT molecular complexity index is 1130. The van der Waals surface area contributed by atoms with Gasteiger partial charge in [0.1, 0.15) is 5.75 Å². The lowest BCUT2D eigenvalue weighted by molar-refractivity contribution is 0.00584. The Morgan fingerprint density at radius 1 is 1.00 bits per heavy atom. The van der Waals surface area contributed by atoms with Crippen molar-refractivity contribution in [1.29, 1.82) is 0 Å². The summed E-state index contributed by atoms with van der Waals surface area (Å²) in [4.78, 5) is 16.9. The first kappa shape index (κ1) is 25.0. The van der Waals surface area contributed by atoms with Gasteiger partial charge in [-0.1, -0.05) is 48.0 Å². The monoisotopic (exact) mass is 493 g/mol. The third-order valence-electron chi connectivity index (χ3n) is 6.16. The molecule has 4 rings (SSSR count). The minimum Gasteiger partial charge on any atom is -0.497 e. The molecule has 1 saturated heterocycles. The number of rotatable bonds is 8. The fourth-order valence-corrected chi connectivity index (χ4v) is 4.43. The molecule has 3 aromatic rings. The largest absolute Gasteiger partial charge is 0.497 e. The number of nitrogens with one attached hydrogen (secondary N) is 1. The Balaban J connectivity index is 1.37. The van der Waals surface area contributed by atoms with Gasteiger partial charge in [0.15, 0.2) is 0 Å². The van der Waals surface area contributed by atoms with E-state index < -0.39 is 0 Å². The highest BCUT2D eigenvalue weighted by molar-refractivity contribution is 6.30. The van der Waals surface area contributed by atoms with E-state index in [0.717, 1.165) is 47.8 Å². The molecule has 184 valence electrons. The van der Waals surface area contributed by atoms with Gasteiger partial charge in [-0.2, -0.15) is 0 Å². The van der Waals surface area contributed by atoms with Crippen molar-refractivity contribution >= 4 is 23.3 Å². The average Bonchev–Trinajstić information content (AvgIpc) is 2.87. The molecule has 0 radical (unpaired) electrons. The first-order valence-electron chi connectivity index (χ1n) is 11.8. The molecule has 0 saturated carbocycles. The Morgan fingerprint density at radius 2 is 1.77 bits per heavy atom. The molecule has 1 heterocycles.